The van der Waals surface area contributed by atoms with Gasteiger partial charge >= 0.3 is 5.97 Å². The first-order chi connectivity index (χ1) is 11.5. The molecule has 0 bridgehead atoms. The highest BCUT2D eigenvalue weighted by Gasteiger charge is 2.13. The predicted octanol–water partition coefficient (Wildman–Crippen LogP) is 1.44. The van der Waals surface area contributed by atoms with E-state index in [-0.39, 0.29) is 19.6 Å². The summed E-state index contributed by atoms with van der Waals surface area (Å²) < 4.78 is 10.9. The summed E-state index contributed by atoms with van der Waals surface area (Å²) in [6, 6.07) is 10.1. The van der Waals surface area contributed by atoms with Crippen LogP contribution in [0, 0.1) is 0 Å². The fourth-order valence-corrected chi connectivity index (χ4v) is 2.09. The number of benzene rings is 1. The molecule has 126 valence electrons. The van der Waals surface area contributed by atoms with Crippen LogP contribution in [0.4, 0.5) is 0 Å². The number of ketones is 1. The molecule has 0 saturated carbocycles. The van der Waals surface area contributed by atoms with Crippen LogP contribution in [-0.4, -0.2) is 35.2 Å². The van der Waals surface area contributed by atoms with Gasteiger partial charge in [0.15, 0.2) is 5.78 Å². The topological polar surface area (TPSA) is 87.5 Å². The molecule has 0 N–H and O–H groups in total. The van der Waals surface area contributed by atoms with Crippen LogP contribution in [0.2, 0.25) is 0 Å². The van der Waals surface area contributed by atoms with E-state index in [0.29, 0.717) is 11.4 Å². The number of Topliss-reactive ketones (excluding diaryl/α,β-unsaturated/α-hetero) is 1. The van der Waals surface area contributed by atoms with E-state index in [2.05, 4.69) is 5.10 Å². The lowest BCUT2D eigenvalue weighted by molar-refractivity contribution is -0.145. The molecule has 1 aromatic heterocycles. The van der Waals surface area contributed by atoms with E-state index in [4.69, 9.17) is 9.47 Å². The van der Waals surface area contributed by atoms with Gasteiger partial charge in [-0.3, -0.25) is 14.4 Å². The van der Waals surface area contributed by atoms with Gasteiger partial charge in [-0.25, -0.2) is 4.68 Å². The molecular weight excluding hydrogens is 312 g/mol. The molecule has 0 atom stereocenters. The van der Waals surface area contributed by atoms with Crippen LogP contribution in [0.25, 0.3) is 11.3 Å². The Hall–Kier alpha value is -2.96. The summed E-state index contributed by atoms with van der Waals surface area (Å²) in [5.41, 5.74) is 0.859. The van der Waals surface area contributed by atoms with Gasteiger partial charge in [-0.1, -0.05) is 12.1 Å². The van der Waals surface area contributed by atoms with Crippen LogP contribution in [0.1, 0.15) is 13.3 Å². The molecule has 0 saturated heterocycles. The van der Waals surface area contributed by atoms with Crippen LogP contribution >= 0.6 is 0 Å². The van der Waals surface area contributed by atoms with E-state index >= 15 is 0 Å². The van der Waals surface area contributed by atoms with Crippen molar-refractivity contribution in [3.8, 4) is 17.0 Å². The van der Waals surface area contributed by atoms with Gasteiger partial charge in [0.1, 0.15) is 18.7 Å². The molecule has 0 fully saturated rings. The molecule has 0 aliphatic rings. The number of esters is 1. The van der Waals surface area contributed by atoms with Crippen molar-refractivity contribution in [2.45, 2.75) is 19.9 Å². The maximum absolute atomic E-state index is 11.9. The van der Waals surface area contributed by atoms with E-state index in [9.17, 15) is 14.4 Å². The Morgan fingerprint density at radius 1 is 1.21 bits per heavy atom. The fourth-order valence-electron chi connectivity index (χ4n) is 2.09. The predicted molar refractivity (Wildman–Crippen MR) is 86.7 cm³/mol. The Balaban J connectivity index is 2.21. The van der Waals surface area contributed by atoms with Crippen molar-refractivity contribution < 1.29 is 19.1 Å². The minimum Gasteiger partial charge on any atom is -0.497 e. The maximum atomic E-state index is 11.9. The highest BCUT2D eigenvalue weighted by Crippen LogP contribution is 2.21. The molecule has 2 aromatic rings. The van der Waals surface area contributed by atoms with Gasteiger partial charge in [-0.05, 0) is 25.1 Å². The molecule has 7 heteroatoms. The van der Waals surface area contributed by atoms with Crippen LogP contribution in [0.3, 0.4) is 0 Å². The average Bonchev–Trinajstić information content (AvgIpc) is 2.57. The van der Waals surface area contributed by atoms with Crippen molar-refractivity contribution in [3.63, 3.8) is 0 Å². The third-order valence-electron chi connectivity index (χ3n) is 3.21. The van der Waals surface area contributed by atoms with Crippen molar-refractivity contribution in [1.29, 1.82) is 0 Å². The van der Waals surface area contributed by atoms with Gasteiger partial charge < -0.3 is 9.47 Å². The van der Waals surface area contributed by atoms with Gasteiger partial charge in [-0.15, -0.1) is 0 Å². The molecule has 1 heterocycles. The SMILES string of the molecule is CCOC(=O)CC(=O)Cn1nc(-c2cccc(OC)c2)ccc1=O. The Kier molecular flexibility index (Phi) is 5.83. The second-order valence-electron chi connectivity index (χ2n) is 4.97. The Morgan fingerprint density at radius 3 is 2.71 bits per heavy atom. The van der Waals surface area contributed by atoms with Gasteiger partial charge in [0.25, 0.3) is 5.56 Å². The average molecular weight is 330 g/mol. The van der Waals surface area contributed by atoms with Crippen LogP contribution in [0.5, 0.6) is 5.75 Å². The van der Waals surface area contributed by atoms with Crippen LogP contribution in [-0.2, 0) is 20.9 Å². The quantitative estimate of drug-likeness (QED) is 0.564. The number of nitrogens with zero attached hydrogens (tertiary/aromatic N) is 2. The zero-order valence-corrected chi connectivity index (χ0v) is 13.5. The van der Waals surface area contributed by atoms with Crippen molar-refractivity contribution in [2.75, 3.05) is 13.7 Å². The van der Waals surface area contributed by atoms with Crippen LogP contribution in [0.15, 0.2) is 41.2 Å². The highest BCUT2D eigenvalue weighted by atomic mass is 16.5. The highest BCUT2D eigenvalue weighted by molar-refractivity contribution is 5.95. The second kappa shape index (κ2) is 8.05. The molecule has 2 rings (SSSR count). The summed E-state index contributed by atoms with van der Waals surface area (Å²) in [5, 5.41) is 4.19. The van der Waals surface area contributed by atoms with Gasteiger partial charge in [-0.2, -0.15) is 5.10 Å². The molecule has 0 aliphatic heterocycles. The minimum atomic E-state index is -0.612. The van der Waals surface area contributed by atoms with Crippen LogP contribution < -0.4 is 10.3 Å². The first-order valence-corrected chi connectivity index (χ1v) is 7.43. The lowest BCUT2D eigenvalue weighted by Gasteiger charge is -2.08. The molecule has 0 radical (unpaired) electrons. The largest absolute Gasteiger partial charge is 0.497 e. The normalized spacial score (nSPS) is 10.2. The van der Waals surface area contributed by atoms with E-state index in [1.165, 1.54) is 6.07 Å². The van der Waals surface area contributed by atoms with Gasteiger partial charge in [0, 0.05) is 11.6 Å². The summed E-state index contributed by atoms with van der Waals surface area (Å²) in [7, 11) is 1.56. The lowest BCUT2D eigenvalue weighted by Crippen LogP contribution is -2.27. The molecule has 24 heavy (non-hydrogen) atoms. The third-order valence-corrected chi connectivity index (χ3v) is 3.21. The summed E-state index contributed by atoms with van der Waals surface area (Å²) >= 11 is 0. The Bertz CT molecular complexity index is 798. The number of rotatable bonds is 7. The first kappa shape index (κ1) is 17.4. The smallest absolute Gasteiger partial charge is 0.313 e. The number of methoxy groups -OCH3 is 1. The Morgan fingerprint density at radius 2 is 2.00 bits per heavy atom. The third kappa shape index (κ3) is 4.52. The van der Waals surface area contributed by atoms with E-state index in [1.54, 1.807) is 38.3 Å². The Labute approximate surface area is 138 Å². The van der Waals surface area contributed by atoms with E-state index in [0.717, 1.165) is 10.2 Å². The standard InChI is InChI=1S/C17H18N2O5/c1-3-24-17(22)10-13(20)11-19-16(21)8-7-15(18-19)12-5-4-6-14(9-12)23-2/h4-9H,3,10-11H2,1-2H3. The molecule has 0 unspecified atom stereocenters. The van der Waals surface area contributed by atoms with Crippen molar-refractivity contribution in [2.24, 2.45) is 0 Å². The van der Waals surface area contributed by atoms with Crippen molar-refractivity contribution >= 4 is 11.8 Å². The molecular formula is C17H18N2O5. The zero-order chi connectivity index (χ0) is 17.5. The molecule has 0 aliphatic carbocycles. The number of ether oxygens (including phenoxy) is 2. The monoisotopic (exact) mass is 330 g/mol. The molecule has 0 spiro atoms. The number of hydrogen-bond donors (Lipinski definition) is 0. The number of carbonyl (C=O) groups is 2. The summed E-state index contributed by atoms with van der Waals surface area (Å²) in [4.78, 5) is 35.1. The van der Waals surface area contributed by atoms with Crippen molar-refractivity contribution in [3.05, 3.63) is 46.8 Å². The molecule has 0 amide bonds. The van der Waals surface area contributed by atoms with Crippen molar-refractivity contribution in [1.82, 2.24) is 9.78 Å². The fraction of sp³-hybridized carbons (Fsp3) is 0.294. The molecule has 1 aromatic carbocycles. The summed E-state index contributed by atoms with van der Waals surface area (Å²) in [6.45, 7) is 1.58. The van der Waals surface area contributed by atoms with Gasteiger partial charge in [0.2, 0.25) is 0 Å². The first-order valence-electron chi connectivity index (χ1n) is 7.43. The summed E-state index contributed by atoms with van der Waals surface area (Å²) in [5.74, 6) is -0.393. The summed E-state index contributed by atoms with van der Waals surface area (Å²) in [6.07, 6.45) is -0.384. The zero-order valence-electron chi connectivity index (χ0n) is 13.5. The minimum absolute atomic E-state index is 0.204. The second-order valence-corrected chi connectivity index (χ2v) is 4.97. The maximum Gasteiger partial charge on any atom is 0.313 e. The van der Waals surface area contributed by atoms with Gasteiger partial charge in [0.05, 0.1) is 19.4 Å². The van der Waals surface area contributed by atoms with E-state index in [1.807, 2.05) is 6.07 Å². The molecule has 7 nitrogen and oxygen atoms in total. The number of hydrogen-bond acceptors (Lipinski definition) is 6. The van der Waals surface area contributed by atoms with E-state index < -0.39 is 17.3 Å². The lowest BCUT2D eigenvalue weighted by atomic mass is 10.1. The number of aromatic nitrogens is 2. The number of carbonyl (C=O) groups excluding carboxylic acids is 2.